The van der Waals surface area contributed by atoms with E-state index in [2.05, 4.69) is 18.2 Å². The van der Waals surface area contributed by atoms with E-state index in [1.54, 1.807) is 0 Å². The summed E-state index contributed by atoms with van der Waals surface area (Å²) in [6.07, 6.45) is 2.32. The fraction of sp³-hybridized carbons (Fsp3) is 0.500. The van der Waals surface area contributed by atoms with Gasteiger partial charge >= 0.3 is 0 Å². The van der Waals surface area contributed by atoms with Gasteiger partial charge in [-0.05, 0) is 30.9 Å². The van der Waals surface area contributed by atoms with Crippen molar-refractivity contribution >= 4 is 18.3 Å². The first-order chi connectivity index (χ1) is 8.16. The van der Waals surface area contributed by atoms with Crippen LogP contribution in [0.15, 0.2) is 24.3 Å². The number of fused-ring (bicyclic) bond motifs is 1. The first kappa shape index (κ1) is 15.0. The summed E-state index contributed by atoms with van der Waals surface area (Å²) in [6, 6.07) is 8.47. The quantitative estimate of drug-likeness (QED) is 0.913. The lowest BCUT2D eigenvalue weighted by Crippen LogP contribution is -2.36. The molecule has 1 amide bonds. The topological polar surface area (TPSA) is 46.3 Å². The molecular formula is C14H21ClN2O. The van der Waals surface area contributed by atoms with Crippen molar-refractivity contribution in [1.29, 1.82) is 0 Å². The molecule has 1 unspecified atom stereocenters. The number of hydrogen-bond donors (Lipinski definition) is 1. The summed E-state index contributed by atoms with van der Waals surface area (Å²) in [7, 11) is 0. The van der Waals surface area contributed by atoms with E-state index in [0.717, 1.165) is 25.9 Å². The number of carbonyl (C=O) groups excluding carboxylic acids is 1. The lowest BCUT2D eigenvalue weighted by atomic mass is 9.99. The van der Waals surface area contributed by atoms with E-state index in [1.807, 2.05) is 17.9 Å². The van der Waals surface area contributed by atoms with Crippen molar-refractivity contribution in [2.75, 3.05) is 6.54 Å². The molecule has 1 aliphatic heterocycles. The molecule has 0 bridgehead atoms. The molecule has 1 aromatic rings. The van der Waals surface area contributed by atoms with Gasteiger partial charge in [0.1, 0.15) is 0 Å². The fourth-order valence-electron chi connectivity index (χ4n) is 2.22. The molecule has 1 atom stereocenters. The van der Waals surface area contributed by atoms with Crippen LogP contribution >= 0.6 is 12.4 Å². The van der Waals surface area contributed by atoms with Crippen molar-refractivity contribution in [3.63, 3.8) is 0 Å². The highest BCUT2D eigenvalue weighted by Crippen LogP contribution is 2.19. The summed E-state index contributed by atoms with van der Waals surface area (Å²) < 4.78 is 0. The van der Waals surface area contributed by atoms with Gasteiger partial charge in [0.15, 0.2) is 0 Å². The third kappa shape index (κ3) is 3.72. The molecule has 0 radical (unpaired) electrons. The second-order valence-electron chi connectivity index (χ2n) is 4.85. The average Bonchev–Trinajstić information content (AvgIpc) is 2.35. The Balaban J connectivity index is 0.00000162. The van der Waals surface area contributed by atoms with Crippen LogP contribution in [-0.2, 0) is 17.8 Å². The summed E-state index contributed by atoms with van der Waals surface area (Å²) >= 11 is 0. The molecule has 18 heavy (non-hydrogen) atoms. The van der Waals surface area contributed by atoms with Crippen molar-refractivity contribution in [2.24, 2.45) is 5.73 Å². The maximum atomic E-state index is 12.0. The normalized spacial score (nSPS) is 15.6. The Kier molecular flexibility index (Phi) is 5.63. The number of nitrogens with two attached hydrogens (primary N) is 1. The smallest absolute Gasteiger partial charge is 0.222 e. The Morgan fingerprint density at radius 3 is 2.72 bits per heavy atom. The van der Waals surface area contributed by atoms with Crippen molar-refractivity contribution in [3.05, 3.63) is 35.4 Å². The predicted octanol–water partition coefficient (Wildman–Crippen LogP) is 2.12. The van der Waals surface area contributed by atoms with Crippen molar-refractivity contribution in [3.8, 4) is 0 Å². The van der Waals surface area contributed by atoms with Crippen LogP contribution in [0.5, 0.6) is 0 Å². The Labute approximate surface area is 115 Å². The SMILES string of the molecule is CC(N)CCC(=O)N1CCc2ccccc2C1.Cl. The summed E-state index contributed by atoms with van der Waals surface area (Å²) in [6.45, 7) is 3.54. The number of halogens is 1. The van der Waals surface area contributed by atoms with Gasteiger partial charge in [0, 0.05) is 25.6 Å². The van der Waals surface area contributed by atoms with Crippen LogP contribution < -0.4 is 5.73 Å². The minimum Gasteiger partial charge on any atom is -0.338 e. The summed E-state index contributed by atoms with van der Waals surface area (Å²) in [5.74, 6) is 0.233. The number of rotatable bonds is 3. The molecule has 2 rings (SSSR count). The van der Waals surface area contributed by atoms with Crippen molar-refractivity contribution in [1.82, 2.24) is 4.90 Å². The fourth-order valence-corrected chi connectivity index (χ4v) is 2.22. The van der Waals surface area contributed by atoms with Gasteiger partial charge in [0.25, 0.3) is 0 Å². The van der Waals surface area contributed by atoms with Gasteiger partial charge in [-0.3, -0.25) is 4.79 Å². The zero-order chi connectivity index (χ0) is 12.3. The molecule has 0 aromatic heterocycles. The molecule has 2 N–H and O–H groups in total. The van der Waals surface area contributed by atoms with Crippen LogP contribution in [0.25, 0.3) is 0 Å². The maximum absolute atomic E-state index is 12.0. The molecule has 4 heteroatoms. The summed E-state index contributed by atoms with van der Waals surface area (Å²) in [4.78, 5) is 13.9. The molecule has 0 aliphatic carbocycles. The lowest BCUT2D eigenvalue weighted by molar-refractivity contribution is -0.132. The lowest BCUT2D eigenvalue weighted by Gasteiger charge is -2.29. The molecule has 0 spiro atoms. The van der Waals surface area contributed by atoms with Gasteiger partial charge in [-0.1, -0.05) is 24.3 Å². The van der Waals surface area contributed by atoms with E-state index in [4.69, 9.17) is 5.73 Å². The van der Waals surface area contributed by atoms with Crippen LogP contribution in [0.2, 0.25) is 0 Å². The average molecular weight is 269 g/mol. The molecular weight excluding hydrogens is 248 g/mol. The van der Waals surface area contributed by atoms with E-state index in [9.17, 15) is 4.79 Å². The van der Waals surface area contributed by atoms with Crippen LogP contribution in [0.1, 0.15) is 30.9 Å². The first-order valence-corrected chi connectivity index (χ1v) is 6.27. The van der Waals surface area contributed by atoms with Gasteiger partial charge in [-0.15, -0.1) is 12.4 Å². The van der Waals surface area contributed by atoms with Gasteiger partial charge in [0.2, 0.25) is 5.91 Å². The van der Waals surface area contributed by atoms with Crippen LogP contribution in [0.4, 0.5) is 0 Å². The van der Waals surface area contributed by atoms with Gasteiger partial charge < -0.3 is 10.6 Å². The van der Waals surface area contributed by atoms with E-state index in [-0.39, 0.29) is 24.4 Å². The minimum absolute atomic E-state index is 0. The Bertz CT molecular complexity index is 407. The molecule has 0 saturated heterocycles. The minimum atomic E-state index is 0. The highest BCUT2D eigenvalue weighted by Gasteiger charge is 2.19. The maximum Gasteiger partial charge on any atom is 0.222 e. The molecule has 1 aliphatic rings. The van der Waals surface area contributed by atoms with E-state index in [1.165, 1.54) is 11.1 Å². The number of amides is 1. The van der Waals surface area contributed by atoms with E-state index in [0.29, 0.717) is 6.42 Å². The monoisotopic (exact) mass is 268 g/mol. The molecule has 0 saturated carbocycles. The zero-order valence-corrected chi connectivity index (χ0v) is 11.6. The number of hydrogen-bond acceptors (Lipinski definition) is 2. The van der Waals surface area contributed by atoms with E-state index >= 15 is 0 Å². The first-order valence-electron chi connectivity index (χ1n) is 6.27. The predicted molar refractivity (Wildman–Crippen MR) is 75.7 cm³/mol. The second kappa shape index (κ2) is 6.76. The Hall–Kier alpha value is -1.06. The molecule has 3 nitrogen and oxygen atoms in total. The van der Waals surface area contributed by atoms with Crippen molar-refractivity contribution in [2.45, 2.75) is 38.8 Å². The van der Waals surface area contributed by atoms with Crippen LogP contribution in [-0.4, -0.2) is 23.4 Å². The molecule has 100 valence electrons. The van der Waals surface area contributed by atoms with E-state index < -0.39 is 0 Å². The largest absolute Gasteiger partial charge is 0.338 e. The van der Waals surface area contributed by atoms with Crippen LogP contribution in [0, 0.1) is 0 Å². The standard InChI is InChI=1S/C14H20N2O.ClH/c1-11(15)6-7-14(17)16-9-8-12-4-2-3-5-13(12)10-16;/h2-5,11H,6-10,15H2,1H3;1H. The molecule has 1 aromatic carbocycles. The highest BCUT2D eigenvalue weighted by molar-refractivity contribution is 5.85. The van der Waals surface area contributed by atoms with Gasteiger partial charge in [0.05, 0.1) is 0 Å². The number of nitrogens with zero attached hydrogens (tertiary/aromatic N) is 1. The Morgan fingerprint density at radius 1 is 1.39 bits per heavy atom. The third-order valence-electron chi connectivity index (χ3n) is 3.30. The third-order valence-corrected chi connectivity index (χ3v) is 3.30. The van der Waals surface area contributed by atoms with Gasteiger partial charge in [-0.25, -0.2) is 0 Å². The Morgan fingerprint density at radius 2 is 2.06 bits per heavy atom. The van der Waals surface area contributed by atoms with Crippen molar-refractivity contribution < 1.29 is 4.79 Å². The second-order valence-corrected chi connectivity index (χ2v) is 4.85. The van der Waals surface area contributed by atoms with Crippen LogP contribution in [0.3, 0.4) is 0 Å². The summed E-state index contributed by atoms with van der Waals surface area (Å²) in [5, 5.41) is 0. The molecule has 1 heterocycles. The number of carbonyl (C=O) groups is 1. The zero-order valence-electron chi connectivity index (χ0n) is 10.8. The van der Waals surface area contributed by atoms with Gasteiger partial charge in [-0.2, -0.15) is 0 Å². The molecule has 0 fully saturated rings. The highest BCUT2D eigenvalue weighted by atomic mass is 35.5. The number of benzene rings is 1. The summed E-state index contributed by atoms with van der Waals surface area (Å²) in [5.41, 5.74) is 8.34.